The first kappa shape index (κ1) is 14.3. The van der Waals surface area contributed by atoms with E-state index in [-0.39, 0.29) is 12.5 Å². The molecular weight excluding hydrogens is 234 g/mol. The molecule has 0 spiro atoms. The fourth-order valence-electron chi connectivity index (χ4n) is 1.59. The van der Waals surface area contributed by atoms with Crippen LogP contribution in [-0.4, -0.2) is 19.7 Å². The van der Waals surface area contributed by atoms with Crippen LogP contribution in [0.3, 0.4) is 0 Å². The fourth-order valence-corrected chi connectivity index (χ4v) is 1.59. The maximum absolute atomic E-state index is 10.5. The summed E-state index contributed by atoms with van der Waals surface area (Å²) in [7, 11) is 1.55. The predicted molar refractivity (Wildman–Crippen MR) is 64.0 cm³/mol. The van der Waals surface area contributed by atoms with E-state index in [1.807, 2.05) is 6.92 Å². The van der Waals surface area contributed by atoms with E-state index >= 15 is 0 Å². The van der Waals surface area contributed by atoms with E-state index in [1.165, 1.54) is 0 Å². The number of carboxylic acids is 1. The molecule has 18 heavy (non-hydrogen) atoms. The third kappa shape index (κ3) is 3.92. The first-order valence-corrected chi connectivity index (χ1v) is 5.92. The van der Waals surface area contributed by atoms with Crippen molar-refractivity contribution in [3.05, 3.63) is 23.8 Å². The van der Waals surface area contributed by atoms with Crippen molar-refractivity contribution in [1.29, 1.82) is 0 Å². The molecule has 3 N–H and O–H groups in total. The number of quaternary nitrogens is 1. The van der Waals surface area contributed by atoms with E-state index in [9.17, 15) is 9.90 Å². The second-order valence-corrected chi connectivity index (χ2v) is 4.03. The quantitative estimate of drug-likeness (QED) is 0.735. The van der Waals surface area contributed by atoms with E-state index in [2.05, 4.69) is 5.73 Å². The smallest absolute Gasteiger partial charge is 0.161 e. The summed E-state index contributed by atoms with van der Waals surface area (Å²) in [6.45, 7) is 2.63. The molecule has 0 aliphatic rings. The Morgan fingerprint density at radius 1 is 1.44 bits per heavy atom. The van der Waals surface area contributed by atoms with Crippen LogP contribution < -0.4 is 20.3 Å². The number of rotatable bonds is 7. The normalized spacial score (nSPS) is 11.9. The van der Waals surface area contributed by atoms with Crippen molar-refractivity contribution in [1.82, 2.24) is 0 Å². The van der Waals surface area contributed by atoms with Gasteiger partial charge in [-0.3, -0.25) is 0 Å². The number of hydrogen-bond acceptors (Lipinski definition) is 4. The molecule has 0 fully saturated rings. The SMILES string of the molecule is CCCOc1ccc([C@@H]([NH3+])CC(=O)[O-])cc1OC. The van der Waals surface area contributed by atoms with Gasteiger partial charge in [-0.25, -0.2) is 0 Å². The molecule has 5 heteroatoms. The van der Waals surface area contributed by atoms with Gasteiger partial charge in [0.25, 0.3) is 0 Å². The van der Waals surface area contributed by atoms with E-state index in [0.29, 0.717) is 18.1 Å². The second kappa shape index (κ2) is 6.86. The van der Waals surface area contributed by atoms with Crippen molar-refractivity contribution >= 4 is 5.97 Å². The summed E-state index contributed by atoms with van der Waals surface area (Å²) in [5.41, 5.74) is 4.59. The van der Waals surface area contributed by atoms with Crippen LogP contribution in [0.4, 0.5) is 0 Å². The zero-order valence-electron chi connectivity index (χ0n) is 10.8. The summed E-state index contributed by atoms with van der Waals surface area (Å²) >= 11 is 0. The molecule has 0 saturated heterocycles. The lowest BCUT2D eigenvalue weighted by Crippen LogP contribution is -2.55. The fraction of sp³-hybridized carbons (Fsp3) is 0.462. The summed E-state index contributed by atoms with van der Waals surface area (Å²) < 4.78 is 10.7. The van der Waals surface area contributed by atoms with E-state index in [4.69, 9.17) is 9.47 Å². The Kier molecular flexibility index (Phi) is 5.45. The van der Waals surface area contributed by atoms with Crippen molar-refractivity contribution in [2.75, 3.05) is 13.7 Å². The van der Waals surface area contributed by atoms with Gasteiger partial charge in [-0.05, 0) is 24.6 Å². The standard InChI is InChI=1S/C13H19NO4/c1-3-6-18-11-5-4-9(7-12(11)17-2)10(14)8-13(15)16/h4-5,7,10H,3,6,8,14H2,1-2H3,(H,15,16)/t10-/m0/s1. The highest BCUT2D eigenvalue weighted by Crippen LogP contribution is 2.30. The molecule has 1 aromatic rings. The average molecular weight is 253 g/mol. The molecule has 100 valence electrons. The van der Waals surface area contributed by atoms with Gasteiger partial charge >= 0.3 is 0 Å². The first-order valence-electron chi connectivity index (χ1n) is 5.92. The number of ether oxygens (including phenoxy) is 2. The van der Waals surface area contributed by atoms with Crippen molar-refractivity contribution < 1.29 is 25.1 Å². The van der Waals surface area contributed by atoms with Gasteiger partial charge in [0.2, 0.25) is 0 Å². The number of carbonyl (C=O) groups is 1. The third-order valence-corrected chi connectivity index (χ3v) is 2.53. The highest BCUT2D eigenvalue weighted by molar-refractivity contribution is 5.65. The number of benzene rings is 1. The van der Waals surface area contributed by atoms with Gasteiger partial charge in [0.05, 0.1) is 13.7 Å². The maximum Gasteiger partial charge on any atom is 0.161 e. The summed E-state index contributed by atoms with van der Waals surface area (Å²) in [5, 5.41) is 10.5. The molecule has 0 amide bonds. The minimum absolute atomic E-state index is 0.113. The van der Waals surface area contributed by atoms with Crippen LogP contribution in [0, 0.1) is 0 Å². The largest absolute Gasteiger partial charge is 0.550 e. The minimum Gasteiger partial charge on any atom is -0.550 e. The third-order valence-electron chi connectivity index (χ3n) is 2.53. The second-order valence-electron chi connectivity index (χ2n) is 4.03. The topological polar surface area (TPSA) is 86.2 Å². The first-order chi connectivity index (χ1) is 8.58. The summed E-state index contributed by atoms with van der Waals surface area (Å²) in [4.78, 5) is 10.5. The molecule has 1 rings (SSSR count). The van der Waals surface area contributed by atoms with Crippen LogP contribution in [0.5, 0.6) is 11.5 Å². The molecule has 0 aromatic heterocycles. The van der Waals surface area contributed by atoms with Gasteiger partial charge in [0, 0.05) is 18.0 Å². The van der Waals surface area contributed by atoms with Gasteiger partial charge in [-0.2, -0.15) is 0 Å². The zero-order valence-corrected chi connectivity index (χ0v) is 10.8. The van der Waals surface area contributed by atoms with Crippen LogP contribution >= 0.6 is 0 Å². The van der Waals surface area contributed by atoms with E-state index in [1.54, 1.807) is 25.3 Å². The van der Waals surface area contributed by atoms with Crippen LogP contribution in [0.2, 0.25) is 0 Å². The van der Waals surface area contributed by atoms with E-state index in [0.717, 1.165) is 12.0 Å². The van der Waals surface area contributed by atoms with Gasteiger partial charge < -0.3 is 25.1 Å². The van der Waals surface area contributed by atoms with Crippen LogP contribution in [0.1, 0.15) is 31.4 Å². The molecule has 0 heterocycles. The Hall–Kier alpha value is -1.75. The molecule has 0 aliphatic carbocycles. The Morgan fingerprint density at radius 3 is 2.72 bits per heavy atom. The lowest BCUT2D eigenvalue weighted by atomic mass is 10.0. The van der Waals surface area contributed by atoms with Crippen LogP contribution in [0.25, 0.3) is 0 Å². The molecule has 1 aromatic carbocycles. The summed E-state index contributed by atoms with van der Waals surface area (Å²) in [6.07, 6.45) is 0.797. The Balaban J connectivity index is 2.86. The van der Waals surface area contributed by atoms with Crippen LogP contribution in [-0.2, 0) is 4.79 Å². The van der Waals surface area contributed by atoms with Gasteiger partial charge in [0.15, 0.2) is 11.5 Å². The Bertz CT molecular complexity index is 406. The number of methoxy groups -OCH3 is 1. The highest BCUT2D eigenvalue weighted by Gasteiger charge is 2.13. The molecule has 5 nitrogen and oxygen atoms in total. The Morgan fingerprint density at radius 2 is 2.17 bits per heavy atom. The zero-order chi connectivity index (χ0) is 13.5. The van der Waals surface area contributed by atoms with Crippen molar-refractivity contribution in [3.63, 3.8) is 0 Å². The van der Waals surface area contributed by atoms with Crippen molar-refractivity contribution in [3.8, 4) is 11.5 Å². The number of aliphatic carboxylic acids is 1. The highest BCUT2D eigenvalue weighted by atomic mass is 16.5. The lowest BCUT2D eigenvalue weighted by molar-refractivity contribution is -0.430. The molecule has 0 unspecified atom stereocenters. The molecule has 0 saturated carbocycles. The van der Waals surface area contributed by atoms with E-state index < -0.39 is 5.97 Å². The lowest BCUT2D eigenvalue weighted by Gasteiger charge is -2.14. The summed E-state index contributed by atoms with van der Waals surface area (Å²) in [6, 6.07) is 4.97. The summed E-state index contributed by atoms with van der Waals surface area (Å²) in [5.74, 6) is 0.136. The van der Waals surface area contributed by atoms with Crippen molar-refractivity contribution in [2.45, 2.75) is 25.8 Å². The molecular formula is C13H19NO4. The molecule has 0 bridgehead atoms. The monoisotopic (exact) mass is 253 g/mol. The molecule has 0 radical (unpaired) electrons. The molecule has 0 aliphatic heterocycles. The average Bonchev–Trinajstić information content (AvgIpc) is 2.35. The number of hydrogen-bond donors (Lipinski definition) is 1. The minimum atomic E-state index is -1.11. The van der Waals surface area contributed by atoms with Crippen molar-refractivity contribution in [2.24, 2.45) is 0 Å². The van der Waals surface area contributed by atoms with Gasteiger partial charge in [-0.1, -0.05) is 6.92 Å². The maximum atomic E-state index is 10.5. The predicted octanol–water partition coefficient (Wildman–Crippen LogP) is -0.0930. The van der Waals surface area contributed by atoms with Crippen LogP contribution in [0.15, 0.2) is 18.2 Å². The van der Waals surface area contributed by atoms with Gasteiger partial charge in [0.1, 0.15) is 6.04 Å². The van der Waals surface area contributed by atoms with Gasteiger partial charge in [-0.15, -0.1) is 0 Å². The number of carboxylic acid groups (broad SMARTS) is 1. The Labute approximate surface area is 107 Å². The molecule has 1 atom stereocenters. The number of carbonyl (C=O) groups excluding carboxylic acids is 1.